The van der Waals surface area contributed by atoms with Crippen LogP contribution in [-0.4, -0.2) is 111 Å². The summed E-state index contributed by atoms with van der Waals surface area (Å²) in [5, 5.41) is 4.65. The molecule has 7 atom stereocenters. The molecular weight excluding hydrogens is 572 g/mol. The normalized spacial score (nSPS) is 30.0. The molecule has 0 bridgehead atoms. The number of epoxide rings is 2. The van der Waals surface area contributed by atoms with Gasteiger partial charge in [-0.25, -0.2) is 9.59 Å². The van der Waals surface area contributed by atoms with Crippen molar-refractivity contribution in [3.05, 3.63) is 11.6 Å². The van der Waals surface area contributed by atoms with Crippen LogP contribution in [0.5, 0.6) is 0 Å². The summed E-state index contributed by atoms with van der Waals surface area (Å²) in [7, 11) is 2.73. The van der Waals surface area contributed by atoms with Crippen molar-refractivity contribution in [2.75, 3.05) is 45.5 Å². The number of hydrogen-bond acceptors (Lipinski definition) is 12. The monoisotopic (exact) mass is 614 g/mol. The number of allylic oxidation sites excluding steroid dienone is 1. The fraction of sp³-hybridized carbons (Fsp3) is 0.750. The van der Waals surface area contributed by atoms with Gasteiger partial charge >= 0.3 is 12.1 Å². The van der Waals surface area contributed by atoms with Crippen molar-refractivity contribution in [2.24, 2.45) is 5.92 Å². The number of alkyl carbamates (subject to hydrolysis) is 1. The topological polar surface area (TPSA) is 171 Å². The van der Waals surface area contributed by atoms with Gasteiger partial charge in [0.2, 0.25) is 11.8 Å². The first-order chi connectivity index (χ1) is 19.8. The Morgan fingerprint density at radius 3 is 2.40 bits per heavy atom. The van der Waals surface area contributed by atoms with Crippen LogP contribution >= 0.6 is 11.8 Å². The lowest BCUT2D eigenvalue weighted by molar-refractivity contribution is -0.145. The van der Waals surface area contributed by atoms with Gasteiger partial charge in [-0.2, -0.15) is 0 Å². The molecule has 13 nitrogen and oxygen atoms in total. The number of thioether (sulfide) groups is 1. The zero-order valence-electron chi connectivity index (χ0n) is 25.0. The highest BCUT2D eigenvalue weighted by Gasteiger charge is 2.72. The summed E-state index contributed by atoms with van der Waals surface area (Å²) in [6, 6.07) is -1.06. The van der Waals surface area contributed by atoms with Gasteiger partial charge in [0, 0.05) is 12.9 Å². The summed E-state index contributed by atoms with van der Waals surface area (Å²) in [6.07, 6.45) is 2.11. The highest BCUT2D eigenvalue weighted by molar-refractivity contribution is 8.00. The van der Waals surface area contributed by atoms with Crippen LogP contribution in [0.1, 0.15) is 47.0 Å². The molecule has 236 valence electrons. The molecule has 2 saturated heterocycles. The molecule has 2 heterocycles. The van der Waals surface area contributed by atoms with E-state index in [1.54, 1.807) is 7.11 Å². The minimum Gasteiger partial charge on any atom is -0.467 e. The highest BCUT2D eigenvalue weighted by atomic mass is 32.2. The number of hydrogen-bond donors (Lipinski definition) is 2. The van der Waals surface area contributed by atoms with Gasteiger partial charge in [-0.1, -0.05) is 11.6 Å². The van der Waals surface area contributed by atoms with E-state index < -0.39 is 54.3 Å². The number of ketones is 1. The predicted molar refractivity (Wildman–Crippen MR) is 151 cm³/mol. The maximum absolute atomic E-state index is 12.7. The van der Waals surface area contributed by atoms with Crippen molar-refractivity contribution in [3.63, 3.8) is 0 Å². The fourth-order valence-corrected chi connectivity index (χ4v) is 6.32. The van der Waals surface area contributed by atoms with Crippen molar-refractivity contribution in [2.45, 2.75) is 82.5 Å². The standard InChI is InChI=1S/C28H42N2O11S/c1-16(2)7-8-20-27(4,41-20)24-23(36-5)19(9-10-28(24)15-39-28)40-26(35)30-22(33)14-42-13-18(25(34)37-6)29-21(32)12-38-11-17(3)31/h7,18-20,23-24H,8-15H2,1-6H3,(H,29,32)(H,30,33,35)/t18-,19+,20+,23+,24+,27?,28-/m0/s1. The van der Waals surface area contributed by atoms with Gasteiger partial charge in [-0.3, -0.25) is 19.7 Å². The van der Waals surface area contributed by atoms with Gasteiger partial charge in [-0.15, -0.1) is 11.8 Å². The van der Waals surface area contributed by atoms with Crippen LogP contribution < -0.4 is 10.6 Å². The van der Waals surface area contributed by atoms with Gasteiger partial charge in [0.15, 0.2) is 5.78 Å². The Kier molecular flexibility index (Phi) is 12.0. The molecule has 3 amide bonds. The van der Waals surface area contributed by atoms with E-state index in [2.05, 4.69) is 16.7 Å². The SMILES string of the molecule is COC(=O)[C@H](CSCC(=O)NC(=O)O[C@@H]1CC[C@]2(CO2)[C@@H](C2(C)O[C@@H]2CC=C(C)C)[C@@H]1OC)NC(=O)COCC(C)=O. The lowest BCUT2D eigenvalue weighted by Gasteiger charge is -2.42. The van der Waals surface area contributed by atoms with Crippen LogP contribution in [0.4, 0.5) is 4.79 Å². The van der Waals surface area contributed by atoms with E-state index in [9.17, 15) is 24.0 Å². The maximum Gasteiger partial charge on any atom is 0.414 e. The predicted octanol–water partition coefficient (Wildman–Crippen LogP) is 1.31. The third-order valence-electron chi connectivity index (χ3n) is 7.61. The molecule has 2 aliphatic heterocycles. The number of ether oxygens (including phenoxy) is 6. The van der Waals surface area contributed by atoms with Crippen LogP contribution in [0.3, 0.4) is 0 Å². The van der Waals surface area contributed by atoms with Gasteiger partial charge in [-0.05, 0) is 47.0 Å². The van der Waals surface area contributed by atoms with Gasteiger partial charge in [0.25, 0.3) is 0 Å². The van der Waals surface area contributed by atoms with E-state index in [4.69, 9.17) is 28.4 Å². The molecule has 0 radical (unpaired) electrons. The number of carbonyl (C=O) groups is 5. The number of esters is 1. The van der Waals surface area contributed by atoms with E-state index in [-0.39, 0.29) is 41.5 Å². The van der Waals surface area contributed by atoms with Crippen LogP contribution in [0.15, 0.2) is 11.6 Å². The summed E-state index contributed by atoms with van der Waals surface area (Å²) < 4.78 is 33.2. The summed E-state index contributed by atoms with van der Waals surface area (Å²) in [5.74, 6) is -2.55. The van der Waals surface area contributed by atoms with Crippen LogP contribution in [-0.2, 0) is 47.6 Å². The zero-order valence-corrected chi connectivity index (χ0v) is 25.8. The van der Waals surface area contributed by atoms with Crippen molar-refractivity contribution >= 4 is 41.4 Å². The summed E-state index contributed by atoms with van der Waals surface area (Å²) in [5.41, 5.74) is 0.349. The lowest BCUT2D eigenvalue weighted by atomic mass is 9.68. The highest BCUT2D eigenvalue weighted by Crippen LogP contribution is 2.59. The van der Waals surface area contributed by atoms with Crippen molar-refractivity contribution in [3.8, 4) is 0 Å². The second kappa shape index (κ2) is 14.8. The first kappa shape index (κ1) is 34.0. The first-order valence-electron chi connectivity index (χ1n) is 13.9. The van der Waals surface area contributed by atoms with Crippen molar-refractivity contribution in [1.82, 2.24) is 10.6 Å². The molecule has 0 aromatic carbocycles. The third kappa shape index (κ3) is 8.99. The van der Waals surface area contributed by atoms with Gasteiger partial charge < -0.3 is 33.7 Å². The Morgan fingerprint density at radius 1 is 1.10 bits per heavy atom. The van der Waals surface area contributed by atoms with Crippen LogP contribution in [0.25, 0.3) is 0 Å². The number of imide groups is 1. The van der Waals surface area contributed by atoms with Crippen molar-refractivity contribution < 1.29 is 52.4 Å². The molecule has 1 spiro atoms. The Morgan fingerprint density at radius 2 is 1.81 bits per heavy atom. The second-order valence-corrected chi connectivity index (χ2v) is 12.3. The Labute approximate surface area is 250 Å². The summed E-state index contributed by atoms with van der Waals surface area (Å²) in [4.78, 5) is 60.1. The molecule has 14 heteroatoms. The van der Waals surface area contributed by atoms with E-state index >= 15 is 0 Å². The summed E-state index contributed by atoms with van der Waals surface area (Å²) in [6.45, 7) is 7.39. The minimum absolute atomic E-state index is 0.00177. The average Bonchev–Trinajstić information content (AvgIpc) is 3.83. The van der Waals surface area contributed by atoms with Gasteiger partial charge in [0.05, 0.1) is 31.5 Å². The fourth-order valence-electron chi connectivity index (χ4n) is 5.49. The Hall–Kier alpha value is -2.52. The Bertz CT molecular complexity index is 1060. The van der Waals surface area contributed by atoms with Crippen LogP contribution in [0, 0.1) is 5.92 Å². The van der Waals surface area contributed by atoms with E-state index in [1.165, 1.54) is 19.6 Å². The lowest BCUT2D eigenvalue weighted by Crippen LogP contribution is -2.56. The maximum atomic E-state index is 12.7. The minimum atomic E-state index is -1.06. The molecule has 0 aromatic rings. The van der Waals surface area contributed by atoms with Gasteiger partial charge in [0.1, 0.15) is 42.7 Å². The molecule has 3 aliphatic rings. The molecule has 3 fully saturated rings. The van der Waals surface area contributed by atoms with E-state index in [1.807, 2.05) is 20.8 Å². The number of carbonyl (C=O) groups excluding carboxylic acids is 5. The van der Waals surface area contributed by atoms with E-state index in [0.29, 0.717) is 19.4 Å². The number of amides is 3. The third-order valence-corrected chi connectivity index (χ3v) is 8.65. The molecule has 1 aliphatic carbocycles. The summed E-state index contributed by atoms with van der Waals surface area (Å²) >= 11 is 1.01. The molecule has 42 heavy (non-hydrogen) atoms. The smallest absolute Gasteiger partial charge is 0.414 e. The largest absolute Gasteiger partial charge is 0.467 e. The number of rotatable bonds is 15. The van der Waals surface area contributed by atoms with E-state index in [0.717, 1.165) is 18.2 Å². The van der Waals surface area contributed by atoms with Crippen molar-refractivity contribution in [1.29, 1.82) is 0 Å². The number of Topliss-reactive ketones (excluding diaryl/α,β-unsaturated/α-hetero) is 1. The molecule has 1 saturated carbocycles. The zero-order chi connectivity index (χ0) is 31.1. The quantitative estimate of drug-likeness (QED) is 0.154. The molecule has 3 rings (SSSR count). The van der Waals surface area contributed by atoms with Crippen LogP contribution in [0.2, 0.25) is 0 Å². The molecule has 2 N–H and O–H groups in total. The average molecular weight is 615 g/mol. The molecule has 1 unspecified atom stereocenters. The molecule has 0 aromatic heterocycles. The second-order valence-electron chi connectivity index (χ2n) is 11.2. The first-order valence-corrected chi connectivity index (χ1v) is 15.0. The number of methoxy groups -OCH3 is 2. The molecular formula is C28H42N2O11S. The Balaban J connectivity index is 1.49. The number of nitrogens with one attached hydrogen (secondary N) is 2.